The molecule has 1 aromatic heterocycles. The van der Waals surface area contributed by atoms with Gasteiger partial charge in [-0.25, -0.2) is 19.2 Å². The number of carbonyl (C=O) groups is 1. The van der Waals surface area contributed by atoms with Crippen molar-refractivity contribution in [1.82, 2.24) is 15.3 Å². The molecule has 2 N–H and O–H groups in total. The van der Waals surface area contributed by atoms with Crippen LogP contribution in [-0.2, 0) is 9.47 Å². The molecule has 0 unspecified atom stereocenters. The standard InChI is InChI=1S/C20H28FN5O3/c1-6-17(21)18(7-2)29-15(5)14(4)24-20(27)25-16-10-22-19(23-11-16)26-8-9-28-12-13(26)3/h6-7,10-11,13-14H,5,8-9,12H2,1-4H3,(H2,24,25,27)/b17-6+,18-7-/t13-,14-/m0/s1. The molecule has 0 saturated carbocycles. The number of ether oxygens (including phenoxy) is 2. The van der Waals surface area contributed by atoms with Crippen molar-refractivity contribution in [1.29, 1.82) is 0 Å². The predicted molar refractivity (Wildman–Crippen MR) is 110 cm³/mol. The average molecular weight is 405 g/mol. The molecule has 1 aromatic rings. The molecular formula is C20H28FN5O3. The molecule has 2 rings (SSSR count). The fourth-order valence-electron chi connectivity index (χ4n) is 2.62. The van der Waals surface area contributed by atoms with E-state index < -0.39 is 17.9 Å². The largest absolute Gasteiger partial charge is 0.457 e. The number of morpholine rings is 1. The first-order chi connectivity index (χ1) is 13.8. The van der Waals surface area contributed by atoms with E-state index in [4.69, 9.17) is 9.47 Å². The molecule has 29 heavy (non-hydrogen) atoms. The zero-order valence-corrected chi connectivity index (χ0v) is 17.2. The molecule has 8 nitrogen and oxygen atoms in total. The topological polar surface area (TPSA) is 88.6 Å². The van der Waals surface area contributed by atoms with Gasteiger partial charge in [-0.2, -0.15) is 0 Å². The van der Waals surface area contributed by atoms with Gasteiger partial charge in [0.2, 0.25) is 5.95 Å². The van der Waals surface area contributed by atoms with E-state index in [-0.39, 0.29) is 17.6 Å². The number of urea groups is 1. The molecular weight excluding hydrogens is 377 g/mol. The van der Waals surface area contributed by atoms with Crippen LogP contribution in [0.4, 0.5) is 20.8 Å². The van der Waals surface area contributed by atoms with Gasteiger partial charge in [0.1, 0.15) is 5.76 Å². The summed E-state index contributed by atoms with van der Waals surface area (Å²) in [5, 5.41) is 5.33. The Hall–Kier alpha value is -2.94. The lowest BCUT2D eigenvalue weighted by Gasteiger charge is -2.33. The lowest BCUT2D eigenvalue weighted by molar-refractivity contribution is 0.0981. The first-order valence-corrected chi connectivity index (χ1v) is 9.44. The Morgan fingerprint density at radius 3 is 2.69 bits per heavy atom. The molecule has 1 fully saturated rings. The van der Waals surface area contributed by atoms with Crippen molar-refractivity contribution in [3.63, 3.8) is 0 Å². The summed E-state index contributed by atoms with van der Waals surface area (Å²) < 4.78 is 24.5. The summed E-state index contributed by atoms with van der Waals surface area (Å²) in [5.41, 5.74) is 0.444. The number of nitrogens with zero attached hydrogens (tertiary/aromatic N) is 3. The van der Waals surface area contributed by atoms with Gasteiger partial charge in [0.15, 0.2) is 11.6 Å². The Balaban J connectivity index is 1.89. The number of rotatable bonds is 7. The van der Waals surface area contributed by atoms with Crippen LogP contribution in [-0.4, -0.2) is 47.8 Å². The quantitative estimate of drug-likeness (QED) is 0.533. The van der Waals surface area contributed by atoms with E-state index in [2.05, 4.69) is 32.1 Å². The van der Waals surface area contributed by atoms with Crippen LogP contribution in [0.25, 0.3) is 0 Å². The highest BCUT2D eigenvalue weighted by molar-refractivity contribution is 5.89. The molecule has 2 atom stereocenters. The number of aromatic nitrogens is 2. The lowest BCUT2D eigenvalue weighted by atomic mass is 10.3. The Morgan fingerprint density at radius 1 is 1.41 bits per heavy atom. The highest BCUT2D eigenvalue weighted by atomic mass is 19.1. The number of carbonyl (C=O) groups excluding carboxylic acids is 1. The smallest absolute Gasteiger partial charge is 0.319 e. The fraction of sp³-hybridized carbons (Fsp3) is 0.450. The van der Waals surface area contributed by atoms with Crippen LogP contribution in [0.1, 0.15) is 27.7 Å². The maximum Gasteiger partial charge on any atom is 0.319 e. The minimum atomic E-state index is -0.552. The van der Waals surface area contributed by atoms with Crippen LogP contribution in [0.15, 0.2) is 48.5 Å². The predicted octanol–water partition coefficient (Wildman–Crippen LogP) is 3.52. The molecule has 0 spiro atoms. The molecule has 2 heterocycles. The Morgan fingerprint density at radius 2 is 2.10 bits per heavy atom. The molecule has 0 bridgehead atoms. The molecule has 1 aliphatic rings. The number of anilines is 2. The van der Waals surface area contributed by atoms with Crippen molar-refractivity contribution in [3.8, 4) is 0 Å². The van der Waals surface area contributed by atoms with E-state index in [1.54, 1.807) is 33.2 Å². The van der Waals surface area contributed by atoms with E-state index >= 15 is 0 Å². The van der Waals surface area contributed by atoms with Gasteiger partial charge in [0.05, 0.1) is 43.4 Å². The molecule has 158 valence electrons. The second-order valence-electron chi connectivity index (χ2n) is 6.57. The van der Waals surface area contributed by atoms with Crippen LogP contribution in [0.3, 0.4) is 0 Å². The summed E-state index contributed by atoms with van der Waals surface area (Å²) >= 11 is 0. The van der Waals surface area contributed by atoms with Crippen molar-refractivity contribution < 1.29 is 18.7 Å². The van der Waals surface area contributed by atoms with E-state index in [9.17, 15) is 9.18 Å². The van der Waals surface area contributed by atoms with Gasteiger partial charge in [-0.3, -0.25) is 0 Å². The Kier molecular flexibility index (Phi) is 8.14. The maximum atomic E-state index is 13.7. The van der Waals surface area contributed by atoms with Crippen LogP contribution in [0.5, 0.6) is 0 Å². The van der Waals surface area contributed by atoms with Gasteiger partial charge in [-0.15, -0.1) is 0 Å². The fourth-order valence-corrected chi connectivity index (χ4v) is 2.62. The van der Waals surface area contributed by atoms with Crippen molar-refractivity contribution >= 4 is 17.7 Å². The minimum Gasteiger partial charge on any atom is -0.457 e. The van der Waals surface area contributed by atoms with Gasteiger partial charge in [-0.05, 0) is 39.8 Å². The lowest BCUT2D eigenvalue weighted by Crippen LogP contribution is -2.44. The Labute approximate surface area is 170 Å². The van der Waals surface area contributed by atoms with Crippen molar-refractivity contribution in [3.05, 3.63) is 48.5 Å². The van der Waals surface area contributed by atoms with Crippen LogP contribution in [0.2, 0.25) is 0 Å². The Bertz CT molecular complexity index is 779. The van der Waals surface area contributed by atoms with Gasteiger partial charge < -0.3 is 25.0 Å². The summed E-state index contributed by atoms with van der Waals surface area (Å²) in [6, 6.07) is -0.844. The molecule has 9 heteroatoms. The van der Waals surface area contributed by atoms with E-state index in [1.165, 1.54) is 12.2 Å². The summed E-state index contributed by atoms with van der Waals surface area (Å²) in [7, 11) is 0. The van der Waals surface area contributed by atoms with Crippen LogP contribution < -0.4 is 15.5 Å². The molecule has 0 aliphatic carbocycles. The average Bonchev–Trinajstić information content (AvgIpc) is 2.72. The SMILES string of the molecule is C=C(OC(=C\C)/C(F)=C\C)[C@H](C)NC(=O)Nc1cnc(N2CCOC[C@@H]2C)nc1. The number of nitrogens with one attached hydrogen (secondary N) is 2. The molecule has 0 radical (unpaired) electrons. The van der Waals surface area contributed by atoms with Gasteiger partial charge in [0.25, 0.3) is 0 Å². The third-order valence-electron chi connectivity index (χ3n) is 4.34. The first-order valence-electron chi connectivity index (χ1n) is 9.44. The van der Waals surface area contributed by atoms with Crippen molar-refractivity contribution in [2.75, 3.05) is 30.0 Å². The number of hydrogen-bond donors (Lipinski definition) is 2. The van der Waals surface area contributed by atoms with Crippen LogP contribution in [0, 0.1) is 0 Å². The van der Waals surface area contributed by atoms with Gasteiger partial charge in [0, 0.05) is 6.54 Å². The number of hydrogen-bond acceptors (Lipinski definition) is 6. The van der Waals surface area contributed by atoms with Gasteiger partial charge >= 0.3 is 6.03 Å². The summed E-state index contributed by atoms with van der Waals surface area (Å²) in [4.78, 5) is 22.9. The summed E-state index contributed by atoms with van der Waals surface area (Å²) in [6.45, 7) is 12.7. The summed E-state index contributed by atoms with van der Waals surface area (Å²) in [5.74, 6) is 0.343. The second-order valence-corrected chi connectivity index (χ2v) is 6.57. The summed E-state index contributed by atoms with van der Waals surface area (Å²) in [6.07, 6.45) is 5.86. The second kappa shape index (κ2) is 10.6. The van der Waals surface area contributed by atoms with Gasteiger partial charge in [-0.1, -0.05) is 6.58 Å². The monoisotopic (exact) mass is 405 g/mol. The molecule has 0 aromatic carbocycles. The van der Waals surface area contributed by atoms with E-state index in [1.807, 2.05) is 6.92 Å². The first kappa shape index (κ1) is 22.4. The number of halogens is 1. The molecule has 1 aliphatic heterocycles. The zero-order chi connectivity index (χ0) is 21.4. The third kappa shape index (κ3) is 6.28. The van der Waals surface area contributed by atoms with Crippen LogP contribution >= 0.6 is 0 Å². The normalized spacial score (nSPS) is 18.8. The minimum absolute atomic E-state index is 0.0490. The number of allylic oxidation sites excluding steroid dienone is 3. The van der Waals surface area contributed by atoms with Crippen molar-refractivity contribution in [2.24, 2.45) is 0 Å². The maximum absolute atomic E-state index is 13.7. The van der Waals surface area contributed by atoms with Crippen molar-refractivity contribution in [2.45, 2.75) is 39.8 Å². The molecule has 2 amide bonds. The zero-order valence-electron chi connectivity index (χ0n) is 17.2. The third-order valence-corrected chi connectivity index (χ3v) is 4.34. The highest BCUT2D eigenvalue weighted by Gasteiger charge is 2.21. The highest BCUT2D eigenvalue weighted by Crippen LogP contribution is 2.18. The van der Waals surface area contributed by atoms with E-state index in [0.29, 0.717) is 24.8 Å². The molecule has 1 saturated heterocycles. The van der Waals surface area contributed by atoms with E-state index in [0.717, 1.165) is 6.54 Å². The number of amides is 2.